The van der Waals surface area contributed by atoms with E-state index < -0.39 is 0 Å². The van der Waals surface area contributed by atoms with Crippen LogP contribution in [-0.2, 0) is 11.3 Å². The van der Waals surface area contributed by atoms with Gasteiger partial charge in [0.25, 0.3) is 0 Å². The van der Waals surface area contributed by atoms with Gasteiger partial charge in [-0.2, -0.15) is 5.10 Å². The molecule has 0 fully saturated rings. The van der Waals surface area contributed by atoms with Gasteiger partial charge in [0, 0.05) is 33.3 Å². The van der Waals surface area contributed by atoms with Crippen molar-refractivity contribution in [3.63, 3.8) is 0 Å². The fourth-order valence-electron chi connectivity index (χ4n) is 1.14. The summed E-state index contributed by atoms with van der Waals surface area (Å²) in [7, 11) is 1.71. The maximum absolute atomic E-state index is 4.92. The van der Waals surface area contributed by atoms with Crippen molar-refractivity contribution in [1.29, 1.82) is 0 Å². The third kappa shape index (κ3) is 6.16. The number of aromatic nitrogens is 3. The maximum atomic E-state index is 4.92. The van der Waals surface area contributed by atoms with Crippen LogP contribution in [0.1, 0.15) is 0 Å². The smallest absolute Gasteiger partial charge is 0.137 e. The molecule has 0 amide bonds. The Hall–Kier alpha value is -0.980. The SMILES string of the molecule is COCCNCCNCCn1cncn1. The zero-order chi connectivity index (χ0) is 10.8. The van der Waals surface area contributed by atoms with Crippen molar-refractivity contribution >= 4 is 0 Å². The highest BCUT2D eigenvalue weighted by Gasteiger charge is 1.91. The van der Waals surface area contributed by atoms with Crippen LogP contribution in [0, 0.1) is 0 Å². The van der Waals surface area contributed by atoms with Gasteiger partial charge >= 0.3 is 0 Å². The molecule has 1 aromatic heterocycles. The molecule has 0 radical (unpaired) electrons. The monoisotopic (exact) mass is 213 g/mol. The quantitative estimate of drug-likeness (QED) is 0.521. The number of hydrogen-bond donors (Lipinski definition) is 2. The lowest BCUT2D eigenvalue weighted by atomic mass is 10.5. The van der Waals surface area contributed by atoms with Gasteiger partial charge in [0.05, 0.1) is 13.2 Å². The molecule has 6 heteroatoms. The van der Waals surface area contributed by atoms with Crippen molar-refractivity contribution in [1.82, 2.24) is 25.4 Å². The van der Waals surface area contributed by atoms with Gasteiger partial charge in [0.2, 0.25) is 0 Å². The molecule has 0 bridgehead atoms. The van der Waals surface area contributed by atoms with E-state index in [1.54, 1.807) is 19.8 Å². The molecular formula is C9H19N5O. The van der Waals surface area contributed by atoms with Crippen molar-refractivity contribution in [3.05, 3.63) is 12.7 Å². The fraction of sp³-hybridized carbons (Fsp3) is 0.778. The largest absolute Gasteiger partial charge is 0.383 e. The van der Waals surface area contributed by atoms with Crippen molar-refractivity contribution in [2.24, 2.45) is 0 Å². The van der Waals surface area contributed by atoms with Gasteiger partial charge in [-0.15, -0.1) is 0 Å². The van der Waals surface area contributed by atoms with Crippen LogP contribution in [0.4, 0.5) is 0 Å². The normalized spacial score (nSPS) is 10.7. The van der Waals surface area contributed by atoms with Crippen molar-refractivity contribution in [2.45, 2.75) is 6.54 Å². The summed E-state index contributed by atoms with van der Waals surface area (Å²) in [5.74, 6) is 0. The summed E-state index contributed by atoms with van der Waals surface area (Å²) in [5, 5.41) is 10.6. The lowest BCUT2D eigenvalue weighted by Gasteiger charge is -2.05. The highest BCUT2D eigenvalue weighted by Crippen LogP contribution is 1.77. The molecule has 6 nitrogen and oxygen atoms in total. The Balaban J connectivity index is 1.81. The van der Waals surface area contributed by atoms with Crippen molar-refractivity contribution in [3.8, 4) is 0 Å². The Morgan fingerprint density at radius 2 is 2.00 bits per heavy atom. The van der Waals surface area contributed by atoms with E-state index in [0.29, 0.717) is 0 Å². The number of nitrogens with one attached hydrogen (secondary N) is 2. The zero-order valence-electron chi connectivity index (χ0n) is 9.15. The minimum Gasteiger partial charge on any atom is -0.383 e. The first-order valence-electron chi connectivity index (χ1n) is 5.16. The van der Waals surface area contributed by atoms with Gasteiger partial charge in [-0.3, -0.25) is 4.68 Å². The van der Waals surface area contributed by atoms with E-state index in [-0.39, 0.29) is 0 Å². The maximum Gasteiger partial charge on any atom is 0.137 e. The molecule has 0 aromatic carbocycles. The summed E-state index contributed by atoms with van der Waals surface area (Å²) in [5.41, 5.74) is 0. The summed E-state index contributed by atoms with van der Waals surface area (Å²) in [6, 6.07) is 0. The van der Waals surface area contributed by atoms with Gasteiger partial charge < -0.3 is 15.4 Å². The van der Waals surface area contributed by atoms with Gasteiger partial charge in [-0.25, -0.2) is 4.98 Å². The average Bonchev–Trinajstić information content (AvgIpc) is 2.75. The minimum absolute atomic E-state index is 0.763. The van der Waals surface area contributed by atoms with Crippen LogP contribution in [0.3, 0.4) is 0 Å². The first-order chi connectivity index (χ1) is 7.43. The van der Waals surface area contributed by atoms with Crippen LogP contribution in [0.25, 0.3) is 0 Å². The molecule has 2 N–H and O–H groups in total. The Labute approximate surface area is 90.0 Å². The summed E-state index contributed by atoms with van der Waals surface area (Å²) >= 11 is 0. The number of methoxy groups -OCH3 is 1. The van der Waals surface area contributed by atoms with Crippen molar-refractivity contribution in [2.75, 3.05) is 39.9 Å². The number of hydrogen-bond acceptors (Lipinski definition) is 5. The molecule has 0 aliphatic rings. The summed E-state index contributed by atoms with van der Waals surface area (Å²) in [6.07, 6.45) is 3.27. The second-order valence-corrected chi connectivity index (χ2v) is 3.15. The summed E-state index contributed by atoms with van der Waals surface area (Å²) in [4.78, 5) is 3.87. The molecular weight excluding hydrogens is 194 g/mol. The Morgan fingerprint density at radius 1 is 1.20 bits per heavy atom. The minimum atomic E-state index is 0.763. The predicted octanol–water partition coefficient (Wildman–Crippen LogP) is -0.896. The molecule has 0 saturated carbocycles. The molecule has 0 unspecified atom stereocenters. The van der Waals surface area contributed by atoms with Crippen LogP contribution in [-0.4, -0.2) is 54.7 Å². The number of rotatable bonds is 9. The molecule has 0 saturated heterocycles. The summed E-state index contributed by atoms with van der Waals surface area (Å²) in [6.45, 7) is 5.35. The van der Waals surface area contributed by atoms with E-state index in [1.165, 1.54) is 0 Å². The van der Waals surface area contributed by atoms with E-state index >= 15 is 0 Å². The Morgan fingerprint density at radius 3 is 2.67 bits per heavy atom. The molecule has 1 rings (SSSR count). The van der Waals surface area contributed by atoms with E-state index in [4.69, 9.17) is 4.74 Å². The van der Waals surface area contributed by atoms with Gasteiger partial charge in [0.15, 0.2) is 0 Å². The number of ether oxygens (including phenoxy) is 1. The third-order valence-corrected chi connectivity index (χ3v) is 1.95. The first-order valence-corrected chi connectivity index (χ1v) is 5.16. The van der Waals surface area contributed by atoms with E-state index in [9.17, 15) is 0 Å². The van der Waals surface area contributed by atoms with Gasteiger partial charge in [0.1, 0.15) is 12.7 Å². The average molecular weight is 213 g/mol. The topological polar surface area (TPSA) is 64.0 Å². The zero-order valence-corrected chi connectivity index (χ0v) is 9.15. The molecule has 0 spiro atoms. The first kappa shape index (κ1) is 12.1. The highest BCUT2D eigenvalue weighted by atomic mass is 16.5. The second kappa shape index (κ2) is 8.34. The molecule has 1 aromatic rings. The Bertz CT molecular complexity index is 226. The molecule has 0 aliphatic heterocycles. The van der Waals surface area contributed by atoms with Gasteiger partial charge in [-0.05, 0) is 0 Å². The van der Waals surface area contributed by atoms with Gasteiger partial charge in [-0.1, -0.05) is 0 Å². The van der Waals surface area contributed by atoms with E-state index in [2.05, 4.69) is 20.7 Å². The fourth-order valence-corrected chi connectivity index (χ4v) is 1.14. The lowest BCUT2D eigenvalue weighted by molar-refractivity contribution is 0.199. The molecule has 86 valence electrons. The molecule has 1 heterocycles. The van der Waals surface area contributed by atoms with E-state index in [1.807, 2.05) is 4.68 Å². The van der Waals surface area contributed by atoms with Crippen molar-refractivity contribution < 1.29 is 4.74 Å². The van der Waals surface area contributed by atoms with Crippen LogP contribution in [0.5, 0.6) is 0 Å². The predicted molar refractivity (Wildman–Crippen MR) is 57.6 cm³/mol. The van der Waals surface area contributed by atoms with Crippen LogP contribution >= 0.6 is 0 Å². The highest BCUT2D eigenvalue weighted by molar-refractivity contribution is 4.58. The molecule has 0 aliphatic carbocycles. The standard InChI is InChI=1S/C9H19N5O/c1-15-7-5-11-3-2-10-4-6-14-9-12-8-13-14/h8-11H,2-7H2,1H3. The third-order valence-electron chi connectivity index (χ3n) is 1.95. The number of nitrogens with zero attached hydrogens (tertiary/aromatic N) is 3. The Kier molecular flexibility index (Phi) is 6.72. The van der Waals surface area contributed by atoms with Crippen LogP contribution in [0.15, 0.2) is 12.7 Å². The second-order valence-electron chi connectivity index (χ2n) is 3.15. The summed E-state index contributed by atoms with van der Waals surface area (Å²) < 4.78 is 6.73. The molecule has 0 atom stereocenters. The van der Waals surface area contributed by atoms with Crippen LogP contribution < -0.4 is 10.6 Å². The lowest BCUT2D eigenvalue weighted by Crippen LogP contribution is -2.31. The van der Waals surface area contributed by atoms with Crippen LogP contribution in [0.2, 0.25) is 0 Å². The molecule has 15 heavy (non-hydrogen) atoms. The van der Waals surface area contributed by atoms with E-state index in [0.717, 1.165) is 39.3 Å².